The Kier molecular flexibility index (Phi) is 5.84. The molecule has 3 aromatic rings. The normalized spacial score (nSPS) is 10.5. The molecule has 0 unspecified atom stereocenters. The van der Waals surface area contributed by atoms with Crippen LogP contribution in [0.3, 0.4) is 0 Å². The zero-order valence-corrected chi connectivity index (χ0v) is 15.8. The number of para-hydroxylation sites is 2. The molecule has 0 radical (unpaired) electrons. The highest BCUT2D eigenvalue weighted by atomic mass is 32.2. The molecule has 2 aromatic carbocycles. The molecule has 0 aliphatic rings. The van der Waals surface area contributed by atoms with Crippen molar-refractivity contribution in [3.05, 3.63) is 58.1 Å². The largest absolute Gasteiger partial charge is 0.494 e. The number of nitro groups is 1. The van der Waals surface area contributed by atoms with Crippen molar-refractivity contribution in [1.82, 2.24) is 20.2 Å². The minimum atomic E-state index is -0.485. The fraction of sp³-hybridized carbons (Fsp3) is 0.176. The van der Waals surface area contributed by atoms with Crippen LogP contribution in [0.4, 0.5) is 11.4 Å². The zero-order valence-electron chi connectivity index (χ0n) is 15.0. The first kappa shape index (κ1) is 19.3. The quantitative estimate of drug-likeness (QED) is 0.364. The number of nitrogens with zero attached hydrogens (tertiary/aromatic N) is 5. The topological polar surface area (TPSA) is 125 Å². The van der Waals surface area contributed by atoms with Gasteiger partial charge in [-0.15, -0.1) is 5.10 Å². The molecule has 10 nitrogen and oxygen atoms in total. The van der Waals surface area contributed by atoms with Crippen molar-refractivity contribution in [2.24, 2.45) is 0 Å². The van der Waals surface area contributed by atoms with E-state index in [9.17, 15) is 14.9 Å². The first-order valence-corrected chi connectivity index (χ1v) is 9.07. The van der Waals surface area contributed by atoms with Crippen molar-refractivity contribution in [2.75, 3.05) is 18.2 Å². The van der Waals surface area contributed by atoms with Gasteiger partial charge in [0, 0.05) is 17.3 Å². The number of carbonyl (C=O) groups is 1. The number of aryl methyl sites for hydroxylation is 1. The maximum absolute atomic E-state index is 12.2. The molecule has 0 saturated heterocycles. The van der Waals surface area contributed by atoms with Gasteiger partial charge >= 0.3 is 0 Å². The van der Waals surface area contributed by atoms with Crippen LogP contribution < -0.4 is 10.1 Å². The molecule has 0 bridgehead atoms. The van der Waals surface area contributed by atoms with Crippen LogP contribution in [0, 0.1) is 17.0 Å². The van der Waals surface area contributed by atoms with Gasteiger partial charge in [-0.25, -0.2) is 0 Å². The highest BCUT2D eigenvalue weighted by Crippen LogP contribution is 2.26. The van der Waals surface area contributed by atoms with Crippen LogP contribution in [0.1, 0.15) is 5.56 Å². The zero-order chi connectivity index (χ0) is 20.1. The van der Waals surface area contributed by atoms with Crippen molar-refractivity contribution in [2.45, 2.75) is 12.1 Å². The van der Waals surface area contributed by atoms with Gasteiger partial charge in [0.2, 0.25) is 11.1 Å². The lowest BCUT2D eigenvalue weighted by atomic mass is 10.2. The van der Waals surface area contributed by atoms with E-state index in [4.69, 9.17) is 4.74 Å². The third kappa shape index (κ3) is 4.26. The van der Waals surface area contributed by atoms with E-state index in [0.717, 1.165) is 11.8 Å². The van der Waals surface area contributed by atoms with E-state index < -0.39 is 4.92 Å². The van der Waals surface area contributed by atoms with Crippen LogP contribution >= 0.6 is 11.8 Å². The summed E-state index contributed by atoms with van der Waals surface area (Å²) in [6.45, 7) is 1.64. The summed E-state index contributed by atoms with van der Waals surface area (Å²) < 4.78 is 6.79. The Hall–Kier alpha value is -3.47. The Balaban J connectivity index is 1.69. The predicted molar refractivity (Wildman–Crippen MR) is 103 cm³/mol. The van der Waals surface area contributed by atoms with Gasteiger partial charge in [-0.05, 0) is 35.5 Å². The number of anilines is 1. The number of nitro benzene ring substituents is 1. The second-order valence-electron chi connectivity index (χ2n) is 5.64. The van der Waals surface area contributed by atoms with E-state index in [1.54, 1.807) is 38.3 Å². The number of thioether (sulfide) groups is 1. The summed E-state index contributed by atoms with van der Waals surface area (Å²) in [7, 11) is 1.55. The Bertz CT molecular complexity index is 1020. The van der Waals surface area contributed by atoms with Gasteiger partial charge in [-0.3, -0.25) is 14.9 Å². The Morgan fingerprint density at radius 2 is 2.11 bits per heavy atom. The van der Waals surface area contributed by atoms with E-state index in [1.165, 1.54) is 10.7 Å². The lowest BCUT2D eigenvalue weighted by Gasteiger charge is -2.09. The summed E-state index contributed by atoms with van der Waals surface area (Å²) in [4.78, 5) is 22.8. The number of amides is 1. The van der Waals surface area contributed by atoms with Crippen LogP contribution in [-0.4, -0.2) is 43.9 Å². The molecular formula is C17H16N6O4S. The van der Waals surface area contributed by atoms with Crippen LogP contribution in [0.15, 0.2) is 47.6 Å². The number of nitrogens with one attached hydrogen (secondary N) is 1. The molecule has 0 atom stereocenters. The van der Waals surface area contributed by atoms with E-state index >= 15 is 0 Å². The number of ether oxygens (including phenoxy) is 1. The summed E-state index contributed by atoms with van der Waals surface area (Å²) >= 11 is 1.13. The number of carbonyl (C=O) groups excluding carboxylic acids is 1. The van der Waals surface area contributed by atoms with Crippen molar-refractivity contribution in [3.63, 3.8) is 0 Å². The molecule has 144 valence electrons. The smallest absolute Gasteiger partial charge is 0.274 e. The van der Waals surface area contributed by atoms with Crippen LogP contribution in [0.25, 0.3) is 5.69 Å². The number of hydrogen-bond donors (Lipinski definition) is 1. The molecule has 3 rings (SSSR count). The number of benzene rings is 2. The van der Waals surface area contributed by atoms with Gasteiger partial charge in [-0.1, -0.05) is 30.0 Å². The summed E-state index contributed by atoms with van der Waals surface area (Å²) in [6.07, 6.45) is 0. The first-order chi connectivity index (χ1) is 13.5. The highest BCUT2D eigenvalue weighted by Gasteiger charge is 2.16. The molecule has 0 saturated carbocycles. The van der Waals surface area contributed by atoms with Gasteiger partial charge in [-0.2, -0.15) is 4.68 Å². The fourth-order valence-electron chi connectivity index (χ4n) is 2.44. The molecule has 1 heterocycles. The molecule has 0 aliphatic carbocycles. The van der Waals surface area contributed by atoms with Gasteiger partial charge in [0.1, 0.15) is 11.4 Å². The summed E-state index contributed by atoms with van der Waals surface area (Å²) in [5.41, 5.74) is 1.47. The van der Waals surface area contributed by atoms with Crippen LogP contribution in [-0.2, 0) is 4.79 Å². The van der Waals surface area contributed by atoms with E-state index in [-0.39, 0.29) is 17.3 Å². The molecule has 1 amide bonds. The monoisotopic (exact) mass is 400 g/mol. The van der Waals surface area contributed by atoms with Crippen molar-refractivity contribution in [3.8, 4) is 11.4 Å². The second kappa shape index (κ2) is 8.48. The number of rotatable bonds is 7. The fourth-order valence-corrected chi connectivity index (χ4v) is 3.12. The maximum Gasteiger partial charge on any atom is 0.274 e. The SMILES string of the molecule is COc1ccccc1-n1nnnc1SCC(=O)Nc1ccc(C)c([N+](=O)[O-])c1. The van der Waals surface area contributed by atoms with Gasteiger partial charge in [0.05, 0.1) is 17.8 Å². The Morgan fingerprint density at radius 1 is 1.32 bits per heavy atom. The third-order valence-electron chi connectivity index (χ3n) is 3.78. The van der Waals surface area contributed by atoms with Gasteiger partial charge < -0.3 is 10.1 Å². The molecular weight excluding hydrogens is 384 g/mol. The summed E-state index contributed by atoms with van der Waals surface area (Å²) in [6, 6.07) is 11.8. The van der Waals surface area contributed by atoms with Crippen molar-refractivity contribution < 1.29 is 14.5 Å². The lowest BCUT2D eigenvalue weighted by molar-refractivity contribution is -0.385. The van der Waals surface area contributed by atoms with Gasteiger partial charge in [0.15, 0.2) is 0 Å². The molecule has 0 fully saturated rings. The highest BCUT2D eigenvalue weighted by molar-refractivity contribution is 7.99. The van der Waals surface area contributed by atoms with E-state index in [0.29, 0.717) is 27.8 Å². The predicted octanol–water partition coefficient (Wildman–Crippen LogP) is 2.62. The van der Waals surface area contributed by atoms with Crippen molar-refractivity contribution >= 4 is 29.0 Å². The van der Waals surface area contributed by atoms with Crippen LogP contribution in [0.2, 0.25) is 0 Å². The molecule has 28 heavy (non-hydrogen) atoms. The lowest BCUT2D eigenvalue weighted by Crippen LogP contribution is -2.15. The number of methoxy groups -OCH3 is 1. The third-order valence-corrected chi connectivity index (χ3v) is 4.70. The standard InChI is InChI=1S/C17H16N6O4S/c1-11-7-8-12(9-14(11)23(25)26)18-16(24)10-28-17-19-20-21-22(17)13-5-3-4-6-15(13)27-2/h3-9H,10H2,1-2H3,(H,18,24). The molecule has 11 heteroatoms. The summed E-state index contributed by atoms with van der Waals surface area (Å²) in [5, 5.41) is 25.6. The molecule has 1 aromatic heterocycles. The Labute approximate surface area is 164 Å². The molecule has 0 spiro atoms. The first-order valence-electron chi connectivity index (χ1n) is 8.09. The van der Waals surface area contributed by atoms with E-state index in [2.05, 4.69) is 20.8 Å². The molecule has 1 N–H and O–H groups in total. The second-order valence-corrected chi connectivity index (χ2v) is 6.58. The molecule has 0 aliphatic heterocycles. The van der Waals surface area contributed by atoms with Crippen molar-refractivity contribution in [1.29, 1.82) is 0 Å². The number of tetrazole rings is 1. The van der Waals surface area contributed by atoms with Crippen LogP contribution in [0.5, 0.6) is 5.75 Å². The maximum atomic E-state index is 12.2. The van der Waals surface area contributed by atoms with Gasteiger partial charge in [0.25, 0.3) is 5.69 Å². The minimum absolute atomic E-state index is 0.0250. The number of hydrogen-bond acceptors (Lipinski definition) is 8. The van der Waals surface area contributed by atoms with E-state index in [1.807, 2.05) is 12.1 Å². The number of aromatic nitrogens is 4. The summed E-state index contributed by atoms with van der Waals surface area (Å²) in [5.74, 6) is 0.280. The average molecular weight is 400 g/mol. The minimum Gasteiger partial charge on any atom is -0.494 e. The Morgan fingerprint density at radius 3 is 2.86 bits per heavy atom. The average Bonchev–Trinajstić information content (AvgIpc) is 3.16.